The SMILES string of the molecule is Cc1ccc2cc(C(=O)NC3(CO)CCCC3)ccc2n1. The van der Waals surface area contributed by atoms with Gasteiger partial charge < -0.3 is 10.4 Å². The predicted molar refractivity (Wildman–Crippen MR) is 82.2 cm³/mol. The number of carbonyl (C=O) groups is 1. The lowest BCUT2D eigenvalue weighted by Gasteiger charge is -2.28. The Balaban J connectivity index is 1.86. The summed E-state index contributed by atoms with van der Waals surface area (Å²) in [5.74, 6) is -0.117. The number of aryl methyl sites for hydroxylation is 1. The molecular formula is C17H20N2O2. The molecule has 1 fully saturated rings. The molecule has 1 heterocycles. The summed E-state index contributed by atoms with van der Waals surface area (Å²) < 4.78 is 0. The van der Waals surface area contributed by atoms with E-state index in [1.807, 2.05) is 31.2 Å². The van der Waals surface area contributed by atoms with Crippen LogP contribution in [0.5, 0.6) is 0 Å². The zero-order valence-corrected chi connectivity index (χ0v) is 12.2. The highest BCUT2D eigenvalue weighted by molar-refractivity contribution is 5.98. The average Bonchev–Trinajstić information content (AvgIpc) is 2.95. The summed E-state index contributed by atoms with van der Waals surface area (Å²) in [6.07, 6.45) is 3.82. The maximum atomic E-state index is 12.4. The first-order chi connectivity index (χ1) is 10.1. The standard InChI is InChI=1S/C17H20N2O2/c1-12-4-5-13-10-14(6-7-15(13)18-12)16(21)19-17(11-20)8-2-3-9-17/h4-7,10,20H,2-3,8-9,11H2,1H3,(H,19,21). The fourth-order valence-corrected chi connectivity index (χ4v) is 3.06. The monoisotopic (exact) mass is 284 g/mol. The van der Waals surface area contributed by atoms with Crippen molar-refractivity contribution in [3.05, 3.63) is 41.6 Å². The van der Waals surface area contributed by atoms with E-state index in [1.54, 1.807) is 6.07 Å². The number of nitrogens with one attached hydrogen (secondary N) is 1. The largest absolute Gasteiger partial charge is 0.394 e. The first-order valence-electron chi connectivity index (χ1n) is 7.43. The Morgan fingerprint density at radius 1 is 1.29 bits per heavy atom. The number of aliphatic hydroxyl groups excluding tert-OH is 1. The van der Waals surface area contributed by atoms with E-state index in [0.29, 0.717) is 5.56 Å². The van der Waals surface area contributed by atoms with Crippen molar-refractivity contribution in [2.24, 2.45) is 0 Å². The molecule has 0 bridgehead atoms. The fourth-order valence-electron chi connectivity index (χ4n) is 3.06. The molecule has 0 spiro atoms. The molecule has 2 N–H and O–H groups in total. The molecule has 0 unspecified atom stereocenters. The van der Waals surface area contributed by atoms with E-state index in [4.69, 9.17) is 0 Å². The number of pyridine rings is 1. The summed E-state index contributed by atoms with van der Waals surface area (Å²) in [5.41, 5.74) is 2.04. The van der Waals surface area contributed by atoms with Crippen LogP contribution < -0.4 is 5.32 Å². The van der Waals surface area contributed by atoms with Crippen LogP contribution >= 0.6 is 0 Å². The maximum Gasteiger partial charge on any atom is 0.251 e. The number of amides is 1. The van der Waals surface area contributed by atoms with Gasteiger partial charge in [-0.25, -0.2) is 0 Å². The Bertz CT molecular complexity index is 676. The molecule has 0 atom stereocenters. The van der Waals surface area contributed by atoms with Crippen LogP contribution in [0.1, 0.15) is 41.7 Å². The molecule has 4 heteroatoms. The number of carbonyl (C=O) groups excluding carboxylic acids is 1. The number of aliphatic hydroxyl groups is 1. The smallest absolute Gasteiger partial charge is 0.251 e. The number of benzene rings is 1. The van der Waals surface area contributed by atoms with E-state index in [2.05, 4.69) is 10.3 Å². The van der Waals surface area contributed by atoms with Gasteiger partial charge in [0.25, 0.3) is 5.91 Å². The van der Waals surface area contributed by atoms with Crippen LogP contribution in [-0.4, -0.2) is 28.1 Å². The summed E-state index contributed by atoms with van der Waals surface area (Å²) in [6.45, 7) is 1.96. The highest BCUT2D eigenvalue weighted by Gasteiger charge is 2.34. The highest BCUT2D eigenvalue weighted by Crippen LogP contribution is 2.29. The zero-order chi connectivity index (χ0) is 14.9. The van der Waals surface area contributed by atoms with E-state index in [-0.39, 0.29) is 12.5 Å². The molecule has 1 amide bonds. The Morgan fingerprint density at radius 3 is 2.76 bits per heavy atom. The highest BCUT2D eigenvalue weighted by atomic mass is 16.3. The van der Waals surface area contributed by atoms with Crippen LogP contribution in [0.15, 0.2) is 30.3 Å². The van der Waals surface area contributed by atoms with Gasteiger partial charge in [-0.05, 0) is 44.0 Å². The van der Waals surface area contributed by atoms with E-state index < -0.39 is 5.54 Å². The van der Waals surface area contributed by atoms with Crippen molar-refractivity contribution in [3.63, 3.8) is 0 Å². The molecule has 1 saturated carbocycles. The van der Waals surface area contributed by atoms with Crippen LogP contribution in [-0.2, 0) is 0 Å². The van der Waals surface area contributed by atoms with E-state index in [1.165, 1.54) is 0 Å². The normalized spacial score (nSPS) is 17.0. The Kier molecular flexibility index (Phi) is 3.64. The van der Waals surface area contributed by atoms with Crippen LogP contribution in [0.4, 0.5) is 0 Å². The molecule has 0 radical (unpaired) electrons. The average molecular weight is 284 g/mol. The molecular weight excluding hydrogens is 264 g/mol. The van der Waals surface area contributed by atoms with Crippen molar-refractivity contribution in [2.45, 2.75) is 38.1 Å². The van der Waals surface area contributed by atoms with E-state index >= 15 is 0 Å². The van der Waals surface area contributed by atoms with Crippen LogP contribution in [0.25, 0.3) is 10.9 Å². The second-order valence-electron chi connectivity index (χ2n) is 5.96. The second kappa shape index (κ2) is 5.45. The third kappa shape index (κ3) is 2.76. The molecule has 21 heavy (non-hydrogen) atoms. The van der Waals surface area contributed by atoms with Crippen molar-refractivity contribution < 1.29 is 9.90 Å². The van der Waals surface area contributed by atoms with Gasteiger partial charge in [0.05, 0.1) is 17.7 Å². The van der Waals surface area contributed by atoms with Gasteiger partial charge in [0.2, 0.25) is 0 Å². The first kappa shape index (κ1) is 14.0. The number of rotatable bonds is 3. The van der Waals surface area contributed by atoms with Crippen LogP contribution in [0, 0.1) is 6.92 Å². The lowest BCUT2D eigenvalue weighted by atomic mass is 9.98. The number of hydrogen-bond acceptors (Lipinski definition) is 3. The summed E-state index contributed by atoms with van der Waals surface area (Å²) in [4.78, 5) is 16.9. The third-order valence-electron chi connectivity index (χ3n) is 4.33. The molecule has 1 aromatic carbocycles. The minimum atomic E-state index is -0.433. The fraction of sp³-hybridized carbons (Fsp3) is 0.412. The van der Waals surface area contributed by atoms with Crippen molar-refractivity contribution in [1.29, 1.82) is 0 Å². The van der Waals surface area contributed by atoms with Crippen molar-refractivity contribution >= 4 is 16.8 Å². The molecule has 0 aliphatic heterocycles. The number of hydrogen-bond donors (Lipinski definition) is 2. The Labute approximate surface area is 124 Å². The van der Waals surface area contributed by atoms with Crippen molar-refractivity contribution in [2.75, 3.05) is 6.61 Å². The molecule has 2 aromatic rings. The number of nitrogens with zero attached hydrogens (tertiary/aromatic N) is 1. The maximum absolute atomic E-state index is 12.4. The van der Waals surface area contributed by atoms with Gasteiger partial charge in [-0.15, -0.1) is 0 Å². The number of aromatic nitrogens is 1. The summed E-state index contributed by atoms with van der Waals surface area (Å²) >= 11 is 0. The molecule has 1 aliphatic rings. The zero-order valence-electron chi connectivity index (χ0n) is 12.2. The lowest BCUT2D eigenvalue weighted by molar-refractivity contribution is 0.0838. The number of fused-ring (bicyclic) bond motifs is 1. The van der Waals surface area contributed by atoms with Crippen molar-refractivity contribution in [1.82, 2.24) is 10.3 Å². The molecule has 4 nitrogen and oxygen atoms in total. The summed E-state index contributed by atoms with van der Waals surface area (Å²) in [7, 11) is 0. The minimum Gasteiger partial charge on any atom is -0.394 e. The Hall–Kier alpha value is -1.94. The third-order valence-corrected chi connectivity index (χ3v) is 4.33. The van der Waals surface area contributed by atoms with Gasteiger partial charge >= 0.3 is 0 Å². The summed E-state index contributed by atoms with van der Waals surface area (Å²) in [6, 6.07) is 9.45. The first-order valence-corrected chi connectivity index (χ1v) is 7.43. The van der Waals surface area contributed by atoms with Crippen LogP contribution in [0.2, 0.25) is 0 Å². The summed E-state index contributed by atoms with van der Waals surface area (Å²) in [5, 5.41) is 13.6. The molecule has 1 aliphatic carbocycles. The van der Waals surface area contributed by atoms with Gasteiger partial charge in [-0.1, -0.05) is 18.9 Å². The molecule has 110 valence electrons. The van der Waals surface area contributed by atoms with E-state index in [0.717, 1.165) is 42.3 Å². The topological polar surface area (TPSA) is 62.2 Å². The van der Waals surface area contributed by atoms with Crippen molar-refractivity contribution in [3.8, 4) is 0 Å². The van der Waals surface area contributed by atoms with Gasteiger partial charge in [0.15, 0.2) is 0 Å². The second-order valence-corrected chi connectivity index (χ2v) is 5.96. The van der Waals surface area contributed by atoms with Gasteiger partial charge in [0.1, 0.15) is 0 Å². The van der Waals surface area contributed by atoms with Gasteiger partial charge in [-0.3, -0.25) is 9.78 Å². The molecule has 0 saturated heterocycles. The molecule has 3 rings (SSSR count). The van der Waals surface area contributed by atoms with E-state index in [9.17, 15) is 9.90 Å². The van der Waals surface area contributed by atoms with Crippen LogP contribution in [0.3, 0.4) is 0 Å². The van der Waals surface area contributed by atoms with Gasteiger partial charge in [0, 0.05) is 16.6 Å². The minimum absolute atomic E-state index is 0.00702. The molecule has 1 aromatic heterocycles. The quantitative estimate of drug-likeness (QED) is 0.910. The lowest BCUT2D eigenvalue weighted by Crippen LogP contribution is -2.49. The predicted octanol–water partition coefficient (Wildman–Crippen LogP) is 2.58. The Morgan fingerprint density at radius 2 is 2.05 bits per heavy atom. The van der Waals surface area contributed by atoms with Gasteiger partial charge in [-0.2, -0.15) is 0 Å².